The molecule has 0 spiro atoms. The molecule has 1 nitrogen and oxygen atoms in total. The molecule has 0 heterocycles. The van der Waals surface area contributed by atoms with E-state index in [1.54, 1.807) is 0 Å². The van der Waals surface area contributed by atoms with E-state index in [0.717, 1.165) is 12.0 Å². The summed E-state index contributed by atoms with van der Waals surface area (Å²) in [4.78, 5) is 0. The average molecular weight is 152 g/mol. The molecule has 0 aliphatic heterocycles. The van der Waals surface area contributed by atoms with E-state index in [1.807, 2.05) is 13.0 Å². The van der Waals surface area contributed by atoms with Crippen LogP contribution in [-0.2, 0) is 0 Å². The molecule has 0 radical (unpaired) electrons. The van der Waals surface area contributed by atoms with Gasteiger partial charge in [0.15, 0.2) is 0 Å². The summed E-state index contributed by atoms with van der Waals surface area (Å²) in [6, 6.07) is 0. The minimum atomic E-state index is 0.527. The first-order valence-corrected chi connectivity index (χ1v) is 4.18. The molecule has 1 aliphatic rings. The molecule has 62 valence electrons. The summed E-state index contributed by atoms with van der Waals surface area (Å²) >= 11 is 0. The minimum Gasteiger partial charge on any atom is -0.512 e. The van der Waals surface area contributed by atoms with E-state index in [1.165, 1.54) is 0 Å². The van der Waals surface area contributed by atoms with Crippen LogP contribution in [0, 0.1) is 11.8 Å². The van der Waals surface area contributed by atoms with Crippen molar-refractivity contribution in [2.75, 3.05) is 0 Å². The van der Waals surface area contributed by atoms with Crippen LogP contribution < -0.4 is 0 Å². The standard InChI is InChI=1S/C10H16O/c1-7(2)9-5-4-8(3)10(11)6-9/h4-5,7,9,11H,6H2,1-3H3. The third kappa shape index (κ3) is 1.86. The molecule has 0 aromatic carbocycles. The van der Waals surface area contributed by atoms with Crippen molar-refractivity contribution in [1.82, 2.24) is 0 Å². The molecule has 1 atom stereocenters. The Balaban J connectivity index is 2.67. The van der Waals surface area contributed by atoms with Gasteiger partial charge < -0.3 is 5.11 Å². The zero-order chi connectivity index (χ0) is 8.43. The maximum Gasteiger partial charge on any atom is 0.0957 e. The normalized spacial score (nSPS) is 24.9. The lowest BCUT2D eigenvalue weighted by atomic mass is 9.87. The van der Waals surface area contributed by atoms with Crippen molar-refractivity contribution in [1.29, 1.82) is 0 Å². The summed E-state index contributed by atoms with van der Waals surface area (Å²) in [5.41, 5.74) is 1.02. The number of hydrogen-bond donors (Lipinski definition) is 1. The highest BCUT2D eigenvalue weighted by atomic mass is 16.3. The minimum absolute atomic E-state index is 0.527. The predicted octanol–water partition coefficient (Wildman–Crippen LogP) is 3.05. The topological polar surface area (TPSA) is 20.2 Å². The quantitative estimate of drug-likeness (QED) is 0.612. The molecule has 0 fully saturated rings. The van der Waals surface area contributed by atoms with Crippen molar-refractivity contribution in [2.45, 2.75) is 27.2 Å². The van der Waals surface area contributed by atoms with Crippen LogP contribution in [0.3, 0.4) is 0 Å². The summed E-state index contributed by atoms with van der Waals surface area (Å²) in [6.45, 7) is 6.31. The van der Waals surface area contributed by atoms with Crippen LogP contribution in [0.4, 0.5) is 0 Å². The van der Waals surface area contributed by atoms with E-state index in [9.17, 15) is 5.11 Å². The monoisotopic (exact) mass is 152 g/mol. The van der Waals surface area contributed by atoms with Crippen molar-refractivity contribution in [2.24, 2.45) is 11.8 Å². The zero-order valence-corrected chi connectivity index (χ0v) is 7.46. The lowest BCUT2D eigenvalue weighted by Crippen LogP contribution is -2.10. The Kier molecular flexibility index (Phi) is 2.38. The Hall–Kier alpha value is -0.720. The molecule has 1 heteroatoms. The van der Waals surface area contributed by atoms with E-state index in [0.29, 0.717) is 17.6 Å². The second kappa shape index (κ2) is 3.12. The number of hydrogen-bond acceptors (Lipinski definition) is 1. The Morgan fingerprint density at radius 1 is 1.55 bits per heavy atom. The lowest BCUT2D eigenvalue weighted by molar-refractivity contribution is 0.329. The van der Waals surface area contributed by atoms with Gasteiger partial charge in [-0.15, -0.1) is 0 Å². The summed E-state index contributed by atoms with van der Waals surface area (Å²) in [6.07, 6.45) is 5.03. The summed E-state index contributed by atoms with van der Waals surface area (Å²) < 4.78 is 0. The number of aliphatic hydroxyl groups excluding tert-OH is 1. The average Bonchev–Trinajstić information content (AvgIpc) is 1.94. The van der Waals surface area contributed by atoms with Crippen LogP contribution in [-0.4, -0.2) is 5.11 Å². The van der Waals surface area contributed by atoms with Crippen LogP contribution in [0.1, 0.15) is 27.2 Å². The Bertz CT molecular complexity index is 199. The van der Waals surface area contributed by atoms with Gasteiger partial charge >= 0.3 is 0 Å². The summed E-state index contributed by atoms with van der Waals surface area (Å²) in [7, 11) is 0. The maximum atomic E-state index is 9.43. The Morgan fingerprint density at radius 2 is 2.18 bits per heavy atom. The van der Waals surface area contributed by atoms with Crippen molar-refractivity contribution in [3.63, 3.8) is 0 Å². The molecule has 0 saturated carbocycles. The predicted molar refractivity (Wildman–Crippen MR) is 47.4 cm³/mol. The van der Waals surface area contributed by atoms with Crippen molar-refractivity contribution >= 4 is 0 Å². The lowest BCUT2D eigenvalue weighted by Gasteiger charge is -2.20. The first-order valence-electron chi connectivity index (χ1n) is 4.18. The first-order chi connectivity index (χ1) is 5.11. The van der Waals surface area contributed by atoms with Gasteiger partial charge in [-0.05, 0) is 24.3 Å². The van der Waals surface area contributed by atoms with Crippen LogP contribution in [0.25, 0.3) is 0 Å². The molecule has 1 unspecified atom stereocenters. The van der Waals surface area contributed by atoms with Gasteiger partial charge in [-0.1, -0.05) is 26.0 Å². The first kappa shape index (κ1) is 8.38. The Morgan fingerprint density at radius 3 is 2.64 bits per heavy atom. The molecule has 1 N–H and O–H groups in total. The third-order valence-corrected chi connectivity index (χ3v) is 2.33. The highest BCUT2D eigenvalue weighted by molar-refractivity contribution is 5.25. The van der Waals surface area contributed by atoms with E-state index < -0.39 is 0 Å². The molecular weight excluding hydrogens is 136 g/mol. The summed E-state index contributed by atoms with van der Waals surface area (Å²) in [5, 5.41) is 9.43. The number of rotatable bonds is 1. The Labute approximate surface area is 68.4 Å². The fraction of sp³-hybridized carbons (Fsp3) is 0.600. The number of allylic oxidation sites excluding steroid dienone is 4. The highest BCUT2D eigenvalue weighted by Gasteiger charge is 2.16. The molecule has 0 aromatic heterocycles. The molecule has 0 bridgehead atoms. The van der Waals surface area contributed by atoms with Gasteiger partial charge in [0.2, 0.25) is 0 Å². The van der Waals surface area contributed by atoms with Crippen LogP contribution >= 0.6 is 0 Å². The van der Waals surface area contributed by atoms with E-state index in [2.05, 4.69) is 19.9 Å². The van der Waals surface area contributed by atoms with Crippen molar-refractivity contribution < 1.29 is 5.11 Å². The van der Waals surface area contributed by atoms with Gasteiger partial charge in [-0.3, -0.25) is 0 Å². The molecule has 0 aromatic rings. The van der Waals surface area contributed by atoms with Gasteiger partial charge in [-0.25, -0.2) is 0 Å². The van der Waals surface area contributed by atoms with E-state index in [-0.39, 0.29) is 0 Å². The highest BCUT2D eigenvalue weighted by Crippen LogP contribution is 2.26. The van der Waals surface area contributed by atoms with Crippen LogP contribution in [0.15, 0.2) is 23.5 Å². The third-order valence-electron chi connectivity index (χ3n) is 2.33. The zero-order valence-electron chi connectivity index (χ0n) is 7.46. The molecular formula is C10H16O. The maximum absolute atomic E-state index is 9.43. The van der Waals surface area contributed by atoms with Gasteiger partial charge in [0.25, 0.3) is 0 Å². The van der Waals surface area contributed by atoms with E-state index in [4.69, 9.17) is 0 Å². The fourth-order valence-electron chi connectivity index (χ4n) is 1.27. The van der Waals surface area contributed by atoms with E-state index >= 15 is 0 Å². The van der Waals surface area contributed by atoms with Gasteiger partial charge in [0.05, 0.1) is 5.76 Å². The summed E-state index contributed by atoms with van der Waals surface area (Å²) in [5.74, 6) is 1.71. The van der Waals surface area contributed by atoms with Gasteiger partial charge in [-0.2, -0.15) is 0 Å². The molecule has 1 aliphatic carbocycles. The van der Waals surface area contributed by atoms with Crippen molar-refractivity contribution in [3.8, 4) is 0 Å². The molecule has 0 amide bonds. The number of aliphatic hydroxyl groups is 1. The van der Waals surface area contributed by atoms with Gasteiger partial charge in [0, 0.05) is 6.42 Å². The molecule has 1 rings (SSSR count). The second-order valence-corrected chi connectivity index (χ2v) is 3.60. The fourth-order valence-corrected chi connectivity index (χ4v) is 1.27. The largest absolute Gasteiger partial charge is 0.512 e. The second-order valence-electron chi connectivity index (χ2n) is 3.60. The molecule has 0 saturated heterocycles. The van der Waals surface area contributed by atoms with Crippen LogP contribution in [0.2, 0.25) is 0 Å². The smallest absolute Gasteiger partial charge is 0.0957 e. The van der Waals surface area contributed by atoms with Gasteiger partial charge in [0.1, 0.15) is 0 Å². The van der Waals surface area contributed by atoms with Crippen molar-refractivity contribution in [3.05, 3.63) is 23.5 Å². The van der Waals surface area contributed by atoms with Crippen LogP contribution in [0.5, 0.6) is 0 Å². The SMILES string of the molecule is CC1=C(O)CC(C(C)C)C=C1. The molecule has 11 heavy (non-hydrogen) atoms.